The zero-order chi connectivity index (χ0) is 13.0. The third-order valence-corrected chi connectivity index (χ3v) is 4.78. The van der Waals surface area contributed by atoms with Gasteiger partial charge in [0.1, 0.15) is 0 Å². The Labute approximate surface area is 120 Å². The van der Waals surface area contributed by atoms with Gasteiger partial charge in [0.15, 0.2) is 0 Å². The van der Waals surface area contributed by atoms with Crippen molar-refractivity contribution in [2.24, 2.45) is 11.8 Å². The van der Waals surface area contributed by atoms with Gasteiger partial charge < -0.3 is 5.32 Å². The summed E-state index contributed by atoms with van der Waals surface area (Å²) in [6, 6.07) is 5.95. The van der Waals surface area contributed by atoms with E-state index in [0.717, 1.165) is 36.4 Å². The molecule has 2 atom stereocenters. The number of hydrogen-bond acceptors (Lipinski definition) is 1. The number of rotatable bonds is 6. The maximum Gasteiger partial charge on any atom is 0.0624 e. The Morgan fingerprint density at radius 3 is 2.67 bits per heavy atom. The third-order valence-electron chi connectivity index (χ3n) is 3.92. The first-order chi connectivity index (χ1) is 8.72. The quantitative estimate of drug-likeness (QED) is 0.756. The van der Waals surface area contributed by atoms with Gasteiger partial charge in [-0.05, 0) is 62.2 Å². The van der Waals surface area contributed by atoms with Crippen LogP contribution in [0.5, 0.6) is 0 Å². The third kappa shape index (κ3) is 3.40. The molecule has 2 rings (SSSR count). The van der Waals surface area contributed by atoms with Crippen LogP contribution in [-0.4, -0.2) is 13.1 Å². The predicted octanol–water partition coefficient (Wildman–Crippen LogP) is 4.56. The van der Waals surface area contributed by atoms with Crippen LogP contribution >= 0.6 is 23.2 Å². The second-order valence-corrected chi connectivity index (χ2v) is 6.00. The van der Waals surface area contributed by atoms with E-state index in [4.69, 9.17) is 23.2 Å². The lowest BCUT2D eigenvalue weighted by atomic mass is 9.70. The maximum atomic E-state index is 6.25. The Balaban J connectivity index is 1.87. The fraction of sp³-hybridized carbons (Fsp3) is 0.600. The number of halogens is 2. The summed E-state index contributed by atoms with van der Waals surface area (Å²) in [5, 5.41) is 4.94. The largest absolute Gasteiger partial charge is 0.316 e. The van der Waals surface area contributed by atoms with Crippen LogP contribution in [0.4, 0.5) is 0 Å². The van der Waals surface area contributed by atoms with Crippen LogP contribution in [0.25, 0.3) is 0 Å². The topological polar surface area (TPSA) is 12.0 Å². The van der Waals surface area contributed by atoms with Crippen LogP contribution in [0.15, 0.2) is 18.2 Å². The second-order valence-electron chi connectivity index (χ2n) is 5.22. The first-order valence-electron chi connectivity index (χ1n) is 6.86. The van der Waals surface area contributed by atoms with Crippen molar-refractivity contribution in [2.45, 2.75) is 32.6 Å². The first kappa shape index (κ1) is 14.2. The Morgan fingerprint density at radius 1 is 1.22 bits per heavy atom. The first-order valence-corrected chi connectivity index (χ1v) is 7.61. The molecule has 3 heteroatoms. The SMILES string of the molecule is CCCNCC1CCC1Cc1cccc(Cl)c1Cl. The lowest BCUT2D eigenvalue weighted by molar-refractivity contribution is 0.171. The minimum atomic E-state index is 0.675. The Morgan fingerprint density at radius 2 is 2.00 bits per heavy atom. The smallest absolute Gasteiger partial charge is 0.0624 e. The standard InChI is InChI=1S/C15H21Cl2N/c1-2-8-18-10-13-7-6-11(13)9-12-4-3-5-14(16)15(12)17/h3-5,11,13,18H,2,6-10H2,1H3. The van der Waals surface area contributed by atoms with E-state index >= 15 is 0 Å². The molecule has 0 aliphatic heterocycles. The van der Waals surface area contributed by atoms with Crippen molar-refractivity contribution >= 4 is 23.2 Å². The zero-order valence-corrected chi connectivity index (χ0v) is 12.4. The Kier molecular flexibility index (Phi) is 5.35. The van der Waals surface area contributed by atoms with E-state index in [1.807, 2.05) is 12.1 Å². The Bertz CT molecular complexity index is 392. The monoisotopic (exact) mass is 285 g/mol. The molecule has 1 aromatic carbocycles. The number of nitrogens with one attached hydrogen (secondary N) is 1. The molecule has 1 nitrogen and oxygen atoms in total. The van der Waals surface area contributed by atoms with Crippen molar-refractivity contribution in [3.05, 3.63) is 33.8 Å². The highest BCUT2D eigenvalue weighted by molar-refractivity contribution is 6.42. The Hall–Kier alpha value is -0.240. The summed E-state index contributed by atoms with van der Waals surface area (Å²) in [6.07, 6.45) is 4.94. The summed E-state index contributed by atoms with van der Waals surface area (Å²) in [5.74, 6) is 1.58. The van der Waals surface area contributed by atoms with Crippen molar-refractivity contribution in [1.82, 2.24) is 5.32 Å². The van der Waals surface area contributed by atoms with E-state index in [2.05, 4.69) is 18.3 Å². The van der Waals surface area contributed by atoms with Crippen molar-refractivity contribution < 1.29 is 0 Å². The van der Waals surface area contributed by atoms with Gasteiger partial charge >= 0.3 is 0 Å². The molecule has 0 radical (unpaired) electrons. The summed E-state index contributed by atoms with van der Waals surface area (Å²) in [4.78, 5) is 0. The molecule has 1 N–H and O–H groups in total. The van der Waals surface area contributed by atoms with Gasteiger partial charge in [-0.1, -0.05) is 42.3 Å². The molecule has 2 unspecified atom stereocenters. The lowest BCUT2D eigenvalue weighted by Gasteiger charge is -2.37. The molecular weight excluding hydrogens is 265 g/mol. The molecule has 1 saturated carbocycles. The van der Waals surface area contributed by atoms with Gasteiger partial charge in [0.25, 0.3) is 0 Å². The molecule has 0 saturated heterocycles. The molecule has 1 aliphatic rings. The highest BCUT2D eigenvalue weighted by Gasteiger charge is 2.30. The summed E-state index contributed by atoms with van der Waals surface area (Å²) in [6.45, 7) is 4.48. The molecule has 0 amide bonds. The summed E-state index contributed by atoms with van der Waals surface area (Å²) in [7, 11) is 0. The van der Waals surface area contributed by atoms with E-state index in [-0.39, 0.29) is 0 Å². The molecule has 100 valence electrons. The molecule has 18 heavy (non-hydrogen) atoms. The van der Waals surface area contributed by atoms with Gasteiger partial charge in [-0.3, -0.25) is 0 Å². The highest BCUT2D eigenvalue weighted by Crippen LogP contribution is 2.38. The van der Waals surface area contributed by atoms with E-state index in [0.29, 0.717) is 5.02 Å². The molecular formula is C15H21Cl2N. The lowest BCUT2D eigenvalue weighted by Crippen LogP contribution is -2.36. The minimum Gasteiger partial charge on any atom is -0.316 e. The highest BCUT2D eigenvalue weighted by atomic mass is 35.5. The minimum absolute atomic E-state index is 0.675. The van der Waals surface area contributed by atoms with Gasteiger partial charge in [0.2, 0.25) is 0 Å². The average molecular weight is 286 g/mol. The van der Waals surface area contributed by atoms with Crippen LogP contribution in [0, 0.1) is 11.8 Å². The van der Waals surface area contributed by atoms with Gasteiger partial charge in [-0.2, -0.15) is 0 Å². The van der Waals surface area contributed by atoms with Gasteiger partial charge in [0.05, 0.1) is 10.0 Å². The molecule has 1 aromatic rings. The molecule has 0 heterocycles. The molecule has 0 spiro atoms. The summed E-state index contributed by atoms with van der Waals surface area (Å²) in [5.41, 5.74) is 1.20. The summed E-state index contributed by atoms with van der Waals surface area (Å²) < 4.78 is 0. The van der Waals surface area contributed by atoms with E-state index in [1.165, 1.54) is 24.8 Å². The van der Waals surface area contributed by atoms with Crippen LogP contribution in [-0.2, 0) is 6.42 Å². The van der Waals surface area contributed by atoms with Crippen molar-refractivity contribution in [1.29, 1.82) is 0 Å². The number of hydrogen-bond donors (Lipinski definition) is 1. The fourth-order valence-corrected chi connectivity index (χ4v) is 3.03. The fourth-order valence-electron chi connectivity index (χ4n) is 2.63. The molecule has 1 fully saturated rings. The zero-order valence-electron chi connectivity index (χ0n) is 10.9. The van der Waals surface area contributed by atoms with Crippen molar-refractivity contribution in [3.8, 4) is 0 Å². The normalized spacial score (nSPS) is 22.8. The van der Waals surface area contributed by atoms with Crippen LogP contribution in [0.3, 0.4) is 0 Å². The van der Waals surface area contributed by atoms with E-state index in [1.54, 1.807) is 0 Å². The molecule has 0 bridgehead atoms. The predicted molar refractivity (Wildman–Crippen MR) is 79.5 cm³/mol. The number of benzene rings is 1. The van der Waals surface area contributed by atoms with Crippen molar-refractivity contribution in [3.63, 3.8) is 0 Å². The maximum absolute atomic E-state index is 6.25. The molecule has 1 aliphatic carbocycles. The van der Waals surface area contributed by atoms with E-state index in [9.17, 15) is 0 Å². The van der Waals surface area contributed by atoms with Crippen LogP contribution in [0.1, 0.15) is 31.7 Å². The molecule has 0 aromatic heterocycles. The van der Waals surface area contributed by atoms with Crippen LogP contribution < -0.4 is 5.32 Å². The summed E-state index contributed by atoms with van der Waals surface area (Å²) >= 11 is 12.3. The van der Waals surface area contributed by atoms with Crippen molar-refractivity contribution in [2.75, 3.05) is 13.1 Å². The van der Waals surface area contributed by atoms with E-state index < -0.39 is 0 Å². The van der Waals surface area contributed by atoms with Gasteiger partial charge in [-0.25, -0.2) is 0 Å². The average Bonchev–Trinajstić information content (AvgIpc) is 2.35. The van der Waals surface area contributed by atoms with Gasteiger partial charge in [0, 0.05) is 0 Å². The van der Waals surface area contributed by atoms with Crippen LogP contribution in [0.2, 0.25) is 10.0 Å². The van der Waals surface area contributed by atoms with Gasteiger partial charge in [-0.15, -0.1) is 0 Å². The second kappa shape index (κ2) is 6.79.